The van der Waals surface area contributed by atoms with Gasteiger partial charge in [-0.05, 0) is 19.4 Å². The van der Waals surface area contributed by atoms with Crippen molar-refractivity contribution in [3.8, 4) is 0 Å². The number of rotatable bonds is 3. The van der Waals surface area contributed by atoms with E-state index < -0.39 is 20.5 Å². The van der Waals surface area contributed by atoms with Crippen LogP contribution in [0.5, 0.6) is 0 Å². The minimum Gasteiger partial charge on any atom is -0.397 e. The predicted octanol–water partition coefficient (Wildman–Crippen LogP) is 0.322. The number of nitrogen functional groups attached to an aromatic ring is 1. The van der Waals surface area contributed by atoms with E-state index >= 15 is 0 Å². The molecule has 1 aliphatic rings. The number of benzene rings is 1. The van der Waals surface area contributed by atoms with Crippen LogP contribution in [0, 0.1) is 10.1 Å². The number of nitrogens with zero attached hydrogens (tertiary/aromatic N) is 2. The van der Waals surface area contributed by atoms with Gasteiger partial charge >= 0.3 is 0 Å². The summed E-state index contributed by atoms with van der Waals surface area (Å²) >= 11 is 0. The Morgan fingerprint density at radius 3 is 2.60 bits per heavy atom. The van der Waals surface area contributed by atoms with Crippen molar-refractivity contribution in [3.05, 3.63) is 28.3 Å². The Morgan fingerprint density at radius 1 is 1.50 bits per heavy atom. The first-order valence-electron chi connectivity index (χ1n) is 5.90. The van der Waals surface area contributed by atoms with Crippen LogP contribution < -0.4 is 5.73 Å². The average molecular weight is 301 g/mol. The highest BCUT2D eigenvalue weighted by molar-refractivity contribution is 7.89. The summed E-state index contributed by atoms with van der Waals surface area (Å²) in [6.45, 7) is 1.72. The molecule has 0 aliphatic carbocycles. The topological polar surface area (TPSA) is 127 Å². The molecule has 3 N–H and O–H groups in total. The highest BCUT2D eigenvalue weighted by atomic mass is 32.2. The van der Waals surface area contributed by atoms with E-state index in [0.29, 0.717) is 6.42 Å². The fourth-order valence-corrected chi connectivity index (χ4v) is 3.79. The number of anilines is 1. The molecule has 0 amide bonds. The summed E-state index contributed by atoms with van der Waals surface area (Å²) in [5, 5.41) is 20.4. The summed E-state index contributed by atoms with van der Waals surface area (Å²) < 4.78 is 25.9. The number of hydrogen-bond donors (Lipinski definition) is 2. The lowest BCUT2D eigenvalue weighted by Crippen LogP contribution is -2.34. The molecule has 110 valence electrons. The first kappa shape index (κ1) is 14.7. The Morgan fingerprint density at radius 2 is 2.15 bits per heavy atom. The zero-order chi connectivity index (χ0) is 15.1. The Labute approximate surface area is 116 Å². The number of nitro benzene ring substituents is 1. The molecule has 8 nitrogen and oxygen atoms in total. The van der Waals surface area contributed by atoms with Crippen LogP contribution in [0.3, 0.4) is 0 Å². The fourth-order valence-electron chi connectivity index (χ4n) is 2.13. The first-order valence-corrected chi connectivity index (χ1v) is 7.34. The summed E-state index contributed by atoms with van der Waals surface area (Å²) in [6, 6.07) is 3.23. The lowest BCUT2D eigenvalue weighted by molar-refractivity contribution is -0.384. The number of nitro groups is 1. The maximum Gasteiger partial charge on any atom is 0.271 e. The molecular formula is C11H15N3O5S. The van der Waals surface area contributed by atoms with Gasteiger partial charge in [0.25, 0.3) is 5.69 Å². The van der Waals surface area contributed by atoms with Crippen molar-refractivity contribution < 1.29 is 18.4 Å². The van der Waals surface area contributed by atoms with Crippen molar-refractivity contribution in [2.24, 2.45) is 0 Å². The van der Waals surface area contributed by atoms with Gasteiger partial charge < -0.3 is 10.8 Å². The number of hydrogen-bond acceptors (Lipinski definition) is 6. The van der Waals surface area contributed by atoms with Crippen LogP contribution in [0.1, 0.15) is 13.3 Å². The molecule has 20 heavy (non-hydrogen) atoms. The van der Waals surface area contributed by atoms with Crippen LogP contribution in [0.2, 0.25) is 0 Å². The Kier molecular flexibility index (Phi) is 3.44. The molecule has 1 aromatic carbocycles. The number of β-amino-alcohol motifs (C(OH)–C–C–N with tert-alkyl or cyclic N) is 1. The molecule has 0 aromatic heterocycles. The monoisotopic (exact) mass is 301 g/mol. The molecule has 0 saturated carbocycles. The fraction of sp³-hybridized carbons (Fsp3) is 0.455. The standard InChI is InChI=1S/C11H15N3O5S/c1-11(15)4-5-13(7-11)20(18,19)10-3-2-8(14(16)17)6-9(10)12/h2-3,6,15H,4-5,7,12H2,1H3. The average Bonchev–Trinajstić information content (AvgIpc) is 2.69. The second-order valence-electron chi connectivity index (χ2n) is 5.06. The molecule has 1 atom stereocenters. The third-order valence-corrected chi connectivity index (χ3v) is 5.16. The molecule has 1 saturated heterocycles. The van der Waals surface area contributed by atoms with Crippen LogP contribution in [-0.4, -0.2) is 41.4 Å². The summed E-state index contributed by atoms with van der Waals surface area (Å²) in [5.74, 6) is 0. The van der Waals surface area contributed by atoms with Gasteiger partial charge in [0, 0.05) is 25.2 Å². The van der Waals surface area contributed by atoms with Crippen molar-refractivity contribution >= 4 is 21.4 Å². The third-order valence-electron chi connectivity index (χ3n) is 3.24. The van der Waals surface area contributed by atoms with Gasteiger partial charge in [-0.3, -0.25) is 10.1 Å². The van der Waals surface area contributed by atoms with Crippen molar-refractivity contribution in [2.75, 3.05) is 18.8 Å². The second kappa shape index (κ2) is 4.69. The number of non-ortho nitro benzene ring substituents is 1. The smallest absolute Gasteiger partial charge is 0.271 e. The summed E-state index contributed by atoms with van der Waals surface area (Å²) in [6.07, 6.45) is 0.332. The van der Waals surface area contributed by atoms with Crippen LogP contribution in [0.25, 0.3) is 0 Å². The summed E-state index contributed by atoms with van der Waals surface area (Å²) in [4.78, 5) is 9.79. The van der Waals surface area contributed by atoms with Gasteiger partial charge in [0.15, 0.2) is 0 Å². The molecule has 1 unspecified atom stereocenters. The van der Waals surface area contributed by atoms with Crippen LogP contribution in [0.15, 0.2) is 23.1 Å². The Bertz CT molecular complexity index is 656. The van der Waals surface area contributed by atoms with E-state index in [-0.39, 0.29) is 29.4 Å². The molecule has 1 heterocycles. The lowest BCUT2D eigenvalue weighted by Gasteiger charge is -2.19. The van der Waals surface area contributed by atoms with Crippen molar-refractivity contribution in [1.29, 1.82) is 0 Å². The van der Waals surface area contributed by atoms with Gasteiger partial charge in [-0.2, -0.15) is 4.31 Å². The number of nitrogens with two attached hydrogens (primary N) is 1. The molecule has 1 aromatic rings. The highest BCUT2D eigenvalue weighted by Gasteiger charge is 2.39. The highest BCUT2D eigenvalue weighted by Crippen LogP contribution is 2.31. The third kappa shape index (κ3) is 2.60. The normalized spacial score (nSPS) is 23.9. The zero-order valence-corrected chi connectivity index (χ0v) is 11.6. The van der Waals surface area contributed by atoms with Gasteiger partial charge in [0.1, 0.15) is 4.90 Å². The molecular weight excluding hydrogens is 286 g/mol. The number of sulfonamides is 1. The SMILES string of the molecule is CC1(O)CCN(S(=O)(=O)c2ccc([N+](=O)[O-])cc2N)C1. The molecule has 9 heteroatoms. The maximum atomic E-state index is 12.4. The molecule has 2 rings (SSSR count). The maximum absolute atomic E-state index is 12.4. The summed E-state index contributed by atoms with van der Waals surface area (Å²) in [7, 11) is -3.86. The van der Waals surface area contributed by atoms with E-state index in [4.69, 9.17) is 5.73 Å². The minimum atomic E-state index is -3.86. The van der Waals surface area contributed by atoms with Crippen molar-refractivity contribution in [2.45, 2.75) is 23.8 Å². The van der Waals surface area contributed by atoms with Crippen LogP contribution >= 0.6 is 0 Å². The number of aliphatic hydroxyl groups is 1. The van der Waals surface area contributed by atoms with Crippen molar-refractivity contribution in [3.63, 3.8) is 0 Å². The van der Waals surface area contributed by atoms with E-state index in [1.807, 2.05) is 0 Å². The van der Waals surface area contributed by atoms with E-state index in [1.54, 1.807) is 6.92 Å². The van der Waals surface area contributed by atoms with E-state index in [9.17, 15) is 23.6 Å². The van der Waals surface area contributed by atoms with Crippen LogP contribution in [-0.2, 0) is 10.0 Å². The second-order valence-corrected chi connectivity index (χ2v) is 6.97. The van der Waals surface area contributed by atoms with Gasteiger partial charge in [0.05, 0.1) is 16.2 Å². The zero-order valence-electron chi connectivity index (χ0n) is 10.8. The van der Waals surface area contributed by atoms with Gasteiger partial charge in [-0.1, -0.05) is 0 Å². The Balaban J connectivity index is 2.38. The largest absolute Gasteiger partial charge is 0.397 e. The van der Waals surface area contributed by atoms with E-state index in [0.717, 1.165) is 22.5 Å². The predicted molar refractivity (Wildman–Crippen MR) is 71.5 cm³/mol. The molecule has 0 radical (unpaired) electrons. The van der Waals surface area contributed by atoms with Gasteiger partial charge in [0.2, 0.25) is 10.0 Å². The lowest BCUT2D eigenvalue weighted by atomic mass is 10.1. The van der Waals surface area contributed by atoms with Crippen LogP contribution in [0.4, 0.5) is 11.4 Å². The molecule has 1 fully saturated rings. The van der Waals surface area contributed by atoms with E-state index in [1.165, 1.54) is 0 Å². The van der Waals surface area contributed by atoms with E-state index in [2.05, 4.69) is 0 Å². The van der Waals surface area contributed by atoms with Gasteiger partial charge in [-0.15, -0.1) is 0 Å². The summed E-state index contributed by atoms with van der Waals surface area (Å²) in [5.41, 5.74) is 4.10. The molecule has 0 spiro atoms. The van der Waals surface area contributed by atoms with Crippen molar-refractivity contribution in [1.82, 2.24) is 4.31 Å². The Hall–Kier alpha value is -1.71. The molecule has 1 aliphatic heterocycles. The minimum absolute atomic E-state index is 0.0221. The molecule has 0 bridgehead atoms. The van der Waals surface area contributed by atoms with Gasteiger partial charge in [-0.25, -0.2) is 8.42 Å². The first-order chi connectivity index (χ1) is 9.13. The quantitative estimate of drug-likeness (QED) is 0.470.